The Labute approximate surface area is 86.8 Å². The number of aliphatic imine (C=N–C) groups is 1. The Hall–Kier alpha value is -1.05. The van der Waals surface area contributed by atoms with Gasteiger partial charge in [-0.05, 0) is 12.5 Å². The van der Waals surface area contributed by atoms with Crippen LogP contribution in [0.3, 0.4) is 0 Å². The summed E-state index contributed by atoms with van der Waals surface area (Å²) in [5.74, 6) is 0. The first-order valence-corrected chi connectivity index (χ1v) is 5.04. The van der Waals surface area contributed by atoms with E-state index >= 15 is 0 Å². The number of nitrogens with one attached hydrogen (secondary N) is 1. The van der Waals surface area contributed by atoms with E-state index in [0.717, 1.165) is 18.7 Å². The molecule has 1 heterocycles. The van der Waals surface area contributed by atoms with Crippen LogP contribution in [0.1, 0.15) is 34.1 Å². The second-order valence-electron chi connectivity index (χ2n) is 4.93. The fourth-order valence-electron chi connectivity index (χ4n) is 1.20. The SMILES string of the molecule is C=C(NCC1=NC=C(C)C1)C(C)(C)C. The quantitative estimate of drug-likeness (QED) is 0.730. The van der Waals surface area contributed by atoms with Gasteiger partial charge in [0.15, 0.2) is 0 Å². The molecule has 1 rings (SSSR count). The van der Waals surface area contributed by atoms with E-state index < -0.39 is 0 Å². The van der Waals surface area contributed by atoms with Gasteiger partial charge in [0.1, 0.15) is 0 Å². The first-order chi connectivity index (χ1) is 6.39. The molecule has 0 fully saturated rings. The summed E-state index contributed by atoms with van der Waals surface area (Å²) in [7, 11) is 0. The maximum atomic E-state index is 4.32. The van der Waals surface area contributed by atoms with Gasteiger partial charge in [0.25, 0.3) is 0 Å². The molecule has 14 heavy (non-hydrogen) atoms. The highest BCUT2D eigenvalue weighted by atomic mass is 14.9. The van der Waals surface area contributed by atoms with Crippen molar-refractivity contribution in [3.8, 4) is 0 Å². The predicted molar refractivity (Wildman–Crippen MR) is 62.4 cm³/mol. The van der Waals surface area contributed by atoms with Gasteiger partial charge in [0.2, 0.25) is 0 Å². The van der Waals surface area contributed by atoms with E-state index in [4.69, 9.17) is 0 Å². The fourth-order valence-corrected chi connectivity index (χ4v) is 1.20. The van der Waals surface area contributed by atoms with E-state index in [1.807, 2.05) is 6.20 Å². The van der Waals surface area contributed by atoms with Crippen LogP contribution >= 0.6 is 0 Å². The summed E-state index contributed by atoms with van der Waals surface area (Å²) in [6.45, 7) is 13.4. The Balaban J connectivity index is 2.33. The van der Waals surface area contributed by atoms with Crippen LogP contribution in [-0.4, -0.2) is 12.3 Å². The molecule has 0 bridgehead atoms. The molecule has 0 amide bonds. The topological polar surface area (TPSA) is 24.4 Å². The lowest BCUT2D eigenvalue weighted by molar-refractivity contribution is 0.471. The van der Waals surface area contributed by atoms with Gasteiger partial charge in [-0.3, -0.25) is 4.99 Å². The van der Waals surface area contributed by atoms with Crippen LogP contribution in [0.15, 0.2) is 29.0 Å². The van der Waals surface area contributed by atoms with Crippen molar-refractivity contribution in [2.75, 3.05) is 6.54 Å². The van der Waals surface area contributed by atoms with Gasteiger partial charge in [0, 0.05) is 29.4 Å². The van der Waals surface area contributed by atoms with Crippen molar-refractivity contribution >= 4 is 5.71 Å². The summed E-state index contributed by atoms with van der Waals surface area (Å²) in [6, 6.07) is 0. The van der Waals surface area contributed by atoms with Gasteiger partial charge >= 0.3 is 0 Å². The third kappa shape index (κ3) is 3.02. The highest BCUT2D eigenvalue weighted by molar-refractivity contribution is 5.90. The van der Waals surface area contributed by atoms with Gasteiger partial charge in [-0.1, -0.05) is 27.4 Å². The lowest BCUT2D eigenvalue weighted by atomic mass is 9.93. The van der Waals surface area contributed by atoms with Gasteiger partial charge in [-0.25, -0.2) is 0 Å². The van der Waals surface area contributed by atoms with E-state index in [2.05, 4.69) is 44.6 Å². The predicted octanol–water partition coefficient (Wildman–Crippen LogP) is 2.88. The van der Waals surface area contributed by atoms with Crippen LogP contribution in [-0.2, 0) is 0 Å². The Kier molecular flexibility index (Phi) is 3.14. The van der Waals surface area contributed by atoms with Crippen molar-refractivity contribution in [1.82, 2.24) is 5.32 Å². The van der Waals surface area contributed by atoms with Crippen molar-refractivity contribution in [1.29, 1.82) is 0 Å². The Bertz CT molecular complexity index is 290. The molecule has 0 saturated heterocycles. The van der Waals surface area contributed by atoms with Crippen LogP contribution in [0, 0.1) is 5.41 Å². The number of hydrogen-bond acceptors (Lipinski definition) is 2. The van der Waals surface area contributed by atoms with Crippen LogP contribution in [0.4, 0.5) is 0 Å². The normalized spacial score (nSPS) is 16.3. The molecule has 0 radical (unpaired) electrons. The molecule has 0 aliphatic carbocycles. The minimum atomic E-state index is 0.127. The van der Waals surface area contributed by atoms with Gasteiger partial charge in [0.05, 0.1) is 6.54 Å². The first kappa shape index (κ1) is 11.0. The molecular weight excluding hydrogens is 172 g/mol. The molecular formula is C12H20N2. The highest BCUT2D eigenvalue weighted by Gasteiger charge is 2.15. The number of rotatable bonds is 3. The summed E-state index contributed by atoms with van der Waals surface area (Å²) in [5.41, 5.74) is 3.74. The maximum Gasteiger partial charge on any atom is 0.0534 e. The Morgan fingerprint density at radius 2 is 2.21 bits per heavy atom. The zero-order chi connectivity index (χ0) is 10.8. The minimum absolute atomic E-state index is 0.127. The molecule has 2 heteroatoms. The molecule has 2 nitrogen and oxygen atoms in total. The Morgan fingerprint density at radius 3 is 2.64 bits per heavy atom. The molecule has 0 aromatic rings. The summed E-state index contributed by atoms with van der Waals surface area (Å²) in [5, 5.41) is 3.33. The minimum Gasteiger partial charge on any atom is -0.383 e. The lowest BCUT2D eigenvalue weighted by Crippen LogP contribution is -2.28. The molecule has 1 aliphatic rings. The molecule has 0 aromatic carbocycles. The first-order valence-electron chi connectivity index (χ1n) is 5.04. The van der Waals surface area contributed by atoms with E-state index in [-0.39, 0.29) is 5.41 Å². The smallest absolute Gasteiger partial charge is 0.0534 e. The van der Waals surface area contributed by atoms with E-state index in [1.165, 1.54) is 11.3 Å². The summed E-state index contributed by atoms with van der Waals surface area (Å²) in [4.78, 5) is 4.32. The number of hydrogen-bond donors (Lipinski definition) is 1. The molecule has 0 atom stereocenters. The molecule has 0 unspecified atom stereocenters. The second kappa shape index (κ2) is 3.99. The van der Waals surface area contributed by atoms with Gasteiger partial charge in [-0.2, -0.15) is 0 Å². The second-order valence-corrected chi connectivity index (χ2v) is 4.93. The van der Waals surface area contributed by atoms with Crippen LogP contribution < -0.4 is 5.32 Å². The highest BCUT2D eigenvalue weighted by Crippen LogP contribution is 2.21. The van der Waals surface area contributed by atoms with E-state index in [9.17, 15) is 0 Å². The third-order valence-electron chi connectivity index (χ3n) is 2.36. The van der Waals surface area contributed by atoms with Gasteiger partial charge < -0.3 is 5.32 Å². The molecule has 0 saturated carbocycles. The average Bonchev–Trinajstić information content (AvgIpc) is 2.45. The van der Waals surface area contributed by atoms with Gasteiger partial charge in [-0.15, -0.1) is 0 Å². The largest absolute Gasteiger partial charge is 0.383 e. The van der Waals surface area contributed by atoms with E-state index in [0.29, 0.717) is 0 Å². The summed E-state index contributed by atoms with van der Waals surface area (Å²) in [6.07, 6.45) is 2.95. The molecule has 78 valence electrons. The van der Waals surface area contributed by atoms with Crippen LogP contribution in [0.5, 0.6) is 0 Å². The van der Waals surface area contributed by atoms with Crippen molar-refractivity contribution in [2.24, 2.45) is 10.4 Å². The molecule has 0 spiro atoms. The molecule has 1 N–H and O–H groups in total. The van der Waals surface area contributed by atoms with Crippen LogP contribution in [0.25, 0.3) is 0 Å². The fraction of sp³-hybridized carbons (Fsp3) is 0.583. The number of allylic oxidation sites excluding steroid dienone is 2. The van der Waals surface area contributed by atoms with Crippen molar-refractivity contribution in [2.45, 2.75) is 34.1 Å². The van der Waals surface area contributed by atoms with Crippen molar-refractivity contribution in [3.05, 3.63) is 24.0 Å². The zero-order valence-electron chi connectivity index (χ0n) is 9.65. The van der Waals surface area contributed by atoms with E-state index in [1.54, 1.807) is 0 Å². The number of nitrogens with zero attached hydrogens (tertiary/aromatic N) is 1. The Morgan fingerprint density at radius 1 is 1.57 bits per heavy atom. The van der Waals surface area contributed by atoms with Crippen molar-refractivity contribution in [3.63, 3.8) is 0 Å². The van der Waals surface area contributed by atoms with Crippen LogP contribution in [0.2, 0.25) is 0 Å². The summed E-state index contributed by atoms with van der Waals surface area (Å²) >= 11 is 0. The standard InChI is InChI=1S/C12H20N2/c1-9-6-11(14-7-9)8-13-10(2)12(3,4)5/h7,13H,2,6,8H2,1,3-5H3. The third-order valence-corrected chi connectivity index (χ3v) is 2.36. The van der Waals surface area contributed by atoms with Crippen molar-refractivity contribution < 1.29 is 0 Å². The molecule has 1 aliphatic heterocycles. The zero-order valence-corrected chi connectivity index (χ0v) is 9.65. The summed E-state index contributed by atoms with van der Waals surface area (Å²) < 4.78 is 0. The molecule has 0 aromatic heterocycles. The average molecular weight is 192 g/mol. The monoisotopic (exact) mass is 192 g/mol. The maximum absolute atomic E-state index is 4.32. The lowest BCUT2D eigenvalue weighted by Gasteiger charge is -2.23.